The molecule has 0 aliphatic carbocycles. The van der Waals surface area contributed by atoms with Gasteiger partial charge in [0.15, 0.2) is 0 Å². The first-order valence-electron chi connectivity index (χ1n) is 5.53. The molecule has 3 nitrogen and oxygen atoms in total. The first-order chi connectivity index (χ1) is 7.67. The van der Waals surface area contributed by atoms with Crippen molar-refractivity contribution in [2.45, 2.75) is 27.2 Å². The zero-order valence-electron chi connectivity index (χ0n) is 10.4. The second kappa shape index (κ2) is 5.34. The van der Waals surface area contributed by atoms with Crippen LogP contribution in [0.3, 0.4) is 0 Å². The van der Waals surface area contributed by atoms with Gasteiger partial charge in [-0.1, -0.05) is 19.1 Å². The minimum absolute atomic E-state index is 0. The Kier molecular flexibility index (Phi) is 4.32. The highest BCUT2D eigenvalue weighted by molar-refractivity contribution is 5.85. The second-order valence-corrected chi connectivity index (χ2v) is 4.07. The number of nitrogen functional groups attached to an aromatic ring is 1. The average molecular weight is 252 g/mol. The highest BCUT2D eigenvalue weighted by Crippen LogP contribution is 2.24. The summed E-state index contributed by atoms with van der Waals surface area (Å²) in [5.41, 5.74) is 7.33. The van der Waals surface area contributed by atoms with Crippen molar-refractivity contribution in [3.63, 3.8) is 0 Å². The van der Waals surface area contributed by atoms with Crippen molar-refractivity contribution in [1.82, 2.24) is 4.98 Å². The Morgan fingerprint density at radius 2 is 2.00 bits per heavy atom. The number of aromatic nitrogens is 1. The Morgan fingerprint density at radius 3 is 2.59 bits per heavy atom. The van der Waals surface area contributed by atoms with E-state index >= 15 is 0 Å². The number of fused-ring (bicyclic) bond motifs is 1. The van der Waals surface area contributed by atoms with Gasteiger partial charge in [0.05, 0.1) is 5.52 Å². The molecule has 0 atom stereocenters. The maximum absolute atomic E-state index is 5.49. The van der Waals surface area contributed by atoms with Gasteiger partial charge in [-0.15, -0.1) is 12.4 Å². The number of aryl methyl sites for hydroxylation is 3. The molecule has 92 valence electrons. The lowest BCUT2D eigenvalue weighted by atomic mass is 10.0. The molecule has 2 rings (SSSR count). The largest absolute Gasteiger partial charge is 0.308 e. The predicted octanol–water partition coefficient (Wildman–Crippen LogP) is 3.12. The van der Waals surface area contributed by atoms with Gasteiger partial charge in [-0.05, 0) is 43.0 Å². The van der Waals surface area contributed by atoms with Crippen molar-refractivity contribution in [2.24, 2.45) is 5.84 Å². The number of nitrogens with zero attached hydrogens (tertiary/aromatic N) is 1. The number of hydrogen-bond donors (Lipinski definition) is 2. The van der Waals surface area contributed by atoms with Crippen LogP contribution in [0.2, 0.25) is 0 Å². The van der Waals surface area contributed by atoms with Crippen LogP contribution in [0.15, 0.2) is 18.2 Å². The Labute approximate surface area is 108 Å². The SMILES string of the molecule is CCc1cc2ccc(C)c(C)c2nc1NN.Cl. The quantitative estimate of drug-likeness (QED) is 0.637. The van der Waals surface area contributed by atoms with E-state index in [0.717, 1.165) is 23.3 Å². The molecule has 4 heteroatoms. The van der Waals surface area contributed by atoms with Crippen molar-refractivity contribution in [2.75, 3.05) is 5.43 Å². The van der Waals surface area contributed by atoms with Crippen LogP contribution in [0.4, 0.5) is 5.82 Å². The zero-order valence-corrected chi connectivity index (χ0v) is 11.2. The summed E-state index contributed by atoms with van der Waals surface area (Å²) >= 11 is 0. The van der Waals surface area contributed by atoms with Crippen LogP contribution in [0, 0.1) is 13.8 Å². The van der Waals surface area contributed by atoms with Gasteiger partial charge in [0.25, 0.3) is 0 Å². The first-order valence-corrected chi connectivity index (χ1v) is 5.53. The lowest BCUT2D eigenvalue weighted by Gasteiger charge is -2.11. The molecule has 1 aromatic carbocycles. The fourth-order valence-electron chi connectivity index (χ4n) is 1.92. The van der Waals surface area contributed by atoms with Crippen molar-refractivity contribution >= 4 is 29.1 Å². The monoisotopic (exact) mass is 251 g/mol. The molecule has 0 aliphatic heterocycles. The van der Waals surface area contributed by atoms with Crippen LogP contribution in [0.5, 0.6) is 0 Å². The van der Waals surface area contributed by atoms with E-state index in [4.69, 9.17) is 5.84 Å². The molecule has 17 heavy (non-hydrogen) atoms. The van der Waals surface area contributed by atoms with E-state index in [1.54, 1.807) is 0 Å². The Morgan fingerprint density at radius 1 is 1.29 bits per heavy atom. The summed E-state index contributed by atoms with van der Waals surface area (Å²) in [4.78, 5) is 4.59. The van der Waals surface area contributed by atoms with Crippen LogP contribution in [-0.2, 0) is 6.42 Å². The fraction of sp³-hybridized carbons (Fsp3) is 0.308. The molecule has 1 aromatic heterocycles. The number of hydrogen-bond acceptors (Lipinski definition) is 3. The summed E-state index contributed by atoms with van der Waals surface area (Å²) in [5, 5.41) is 1.18. The molecule has 0 spiro atoms. The van der Waals surface area contributed by atoms with Gasteiger partial charge in [-0.3, -0.25) is 0 Å². The normalized spacial score (nSPS) is 10.1. The van der Waals surface area contributed by atoms with Crippen LogP contribution in [0.25, 0.3) is 10.9 Å². The maximum Gasteiger partial charge on any atom is 0.143 e. The molecule has 3 N–H and O–H groups in total. The van der Waals surface area contributed by atoms with Gasteiger partial charge in [-0.2, -0.15) is 0 Å². The Bertz CT molecular complexity index is 538. The van der Waals surface area contributed by atoms with Crippen molar-refractivity contribution in [1.29, 1.82) is 0 Å². The highest BCUT2D eigenvalue weighted by Gasteiger charge is 2.07. The zero-order chi connectivity index (χ0) is 11.7. The summed E-state index contributed by atoms with van der Waals surface area (Å²) < 4.78 is 0. The summed E-state index contributed by atoms with van der Waals surface area (Å²) in [7, 11) is 0. The summed E-state index contributed by atoms with van der Waals surface area (Å²) in [5.74, 6) is 6.27. The van der Waals surface area contributed by atoms with E-state index in [9.17, 15) is 0 Å². The molecular weight excluding hydrogens is 234 g/mol. The molecule has 0 radical (unpaired) electrons. The molecule has 0 saturated heterocycles. The third kappa shape index (κ3) is 2.35. The molecule has 1 heterocycles. The second-order valence-electron chi connectivity index (χ2n) is 4.07. The van der Waals surface area contributed by atoms with Gasteiger partial charge >= 0.3 is 0 Å². The summed E-state index contributed by atoms with van der Waals surface area (Å²) in [6.07, 6.45) is 0.926. The molecule has 0 unspecified atom stereocenters. The van der Waals surface area contributed by atoms with Crippen LogP contribution in [0.1, 0.15) is 23.6 Å². The van der Waals surface area contributed by atoms with Crippen LogP contribution < -0.4 is 11.3 Å². The topological polar surface area (TPSA) is 50.9 Å². The van der Waals surface area contributed by atoms with E-state index < -0.39 is 0 Å². The number of hydrazine groups is 1. The van der Waals surface area contributed by atoms with Crippen molar-refractivity contribution in [3.8, 4) is 0 Å². The van der Waals surface area contributed by atoms with Crippen LogP contribution in [-0.4, -0.2) is 4.98 Å². The van der Waals surface area contributed by atoms with E-state index in [0.29, 0.717) is 0 Å². The molecule has 0 amide bonds. The number of benzene rings is 1. The minimum Gasteiger partial charge on any atom is -0.308 e. The third-order valence-corrected chi connectivity index (χ3v) is 3.11. The predicted molar refractivity (Wildman–Crippen MR) is 75.7 cm³/mol. The van der Waals surface area contributed by atoms with E-state index in [2.05, 4.69) is 49.4 Å². The molecule has 0 aliphatic rings. The smallest absolute Gasteiger partial charge is 0.143 e. The molecular formula is C13H18ClN3. The van der Waals surface area contributed by atoms with Crippen LogP contribution >= 0.6 is 12.4 Å². The van der Waals surface area contributed by atoms with E-state index in [1.807, 2.05) is 0 Å². The Hall–Kier alpha value is -1.32. The number of pyridine rings is 1. The van der Waals surface area contributed by atoms with E-state index in [1.165, 1.54) is 16.5 Å². The van der Waals surface area contributed by atoms with Gasteiger partial charge in [0.1, 0.15) is 5.82 Å². The summed E-state index contributed by atoms with van der Waals surface area (Å²) in [6, 6.07) is 6.41. The number of halogens is 1. The lowest BCUT2D eigenvalue weighted by molar-refractivity contribution is 1.10. The number of nitrogens with one attached hydrogen (secondary N) is 1. The molecule has 0 saturated carbocycles. The van der Waals surface area contributed by atoms with Gasteiger partial charge in [0, 0.05) is 5.39 Å². The Balaban J connectivity index is 0.00000144. The third-order valence-electron chi connectivity index (χ3n) is 3.11. The molecule has 2 aromatic rings. The lowest BCUT2D eigenvalue weighted by Crippen LogP contribution is -2.11. The minimum atomic E-state index is 0. The van der Waals surface area contributed by atoms with Gasteiger partial charge in [-0.25, -0.2) is 10.8 Å². The summed E-state index contributed by atoms with van der Waals surface area (Å²) in [6.45, 7) is 6.29. The molecule has 0 bridgehead atoms. The number of nitrogens with two attached hydrogens (primary N) is 1. The standard InChI is InChI=1S/C13H17N3.ClH/c1-4-10-7-11-6-5-8(2)9(3)12(11)15-13(10)16-14;/h5-7H,4,14H2,1-3H3,(H,15,16);1H. The average Bonchev–Trinajstić information content (AvgIpc) is 2.32. The maximum atomic E-state index is 5.49. The first kappa shape index (κ1) is 13.7. The van der Waals surface area contributed by atoms with Crippen molar-refractivity contribution < 1.29 is 0 Å². The fourth-order valence-corrected chi connectivity index (χ4v) is 1.92. The highest BCUT2D eigenvalue weighted by atomic mass is 35.5. The number of rotatable bonds is 2. The van der Waals surface area contributed by atoms with E-state index in [-0.39, 0.29) is 12.4 Å². The molecule has 0 fully saturated rings. The number of anilines is 1. The van der Waals surface area contributed by atoms with Gasteiger partial charge < -0.3 is 5.43 Å². The van der Waals surface area contributed by atoms with Gasteiger partial charge in [0.2, 0.25) is 0 Å². The van der Waals surface area contributed by atoms with Crippen molar-refractivity contribution in [3.05, 3.63) is 34.9 Å².